The van der Waals surface area contributed by atoms with E-state index in [1.807, 2.05) is 0 Å². The Morgan fingerprint density at radius 2 is 1.54 bits per heavy atom. The molecule has 0 aromatic heterocycles. The number of carbonyl (C=O) groups excluding carboxylic acids is 4. The maximum Gasteiger partial charge on any atom is 0.253 e. The molecule has 4 N–H and O–H groups in total. The highest BCUT2D eigenvalue weighted by Gasteiger charge is 2.21. The molecule has 0 heterocycles. The van der Waals surface area contributed by atoms with Crippen molar-refractivity contribution < 1.29 is 24.3 Å². The Morgan fingerprint density at radius 1 is 0.829 bits per heavy atom. The molecule has 0 radical (unpaired) electrons. The first-order chi connectivity index (χ1) is 16.7. The maximum atomic E-state index is 12.7. The smallest absolute Gasteiger partial charge is 0.253 e. The van der Waals surface area contributed by atoms with Crippen molar-refractivity contribution >= 4 is 35.1 Å². The first kappa shape index (κ1) is 25.5. The van der Waals surface area contributed by atoms with Gasteiger partial charge in [-0.1, -0.05) is 41.9 Å². The number of halogens is 1. The monoisotopic (exact) mass is 493 g/mol. The number of Topliss-reactive ketones (excluding diaryl/α,β-unsaturated/α-hetero) is 1. The van der Waals surface area contributed by atoms with Gasteiger partial charge in [0, 0.05) is 24.2 Å². The molecule has 3 amide bonds. The van der Waals surface area contributed by atoms with Gasteiger partial charge in [0.05, 0.1) is 10.6 Å². The topological polar surface area (TPSA) is 125 Å². The number of amides is 3. The summed E-state index contributed by atoms with van der Waals surface area (Å²) in [6.07, 6.45) is 0. The lowest BCUT2D eigenvalue weighted by Gasteiger charge is -2.17. The molecule has 0 saturated heterocycles. The Kier molecular flexibility index (Phi) is 8.58. The van der Waals surface area contributed by atoms with Crippen LogP contribution >= 0.6 is 11.6 Å². The van der Waals surface area contributed by atoms with Crippen molar-refractivity contribution in [3.05, 3.63) is 100 Å². The summed E-state index contributed by atoms with van der Waals surface area (Å²) in [5.74, 6) is -1.64. The van der Waals surface area contributed by atoms with E-state index in [1.54, 1.807) is 42.5 Å². The minimum absolute atomic E-state index is 0.0307. The van der Waals surface area contributed by atoms with Crippen LogP contribution in [0.5, 0.6) is 5.75 Å². The lowest BCUT2D eigenvalue weighted by molar-refractivity contribution is -0.118. The molecular weight excluding hydrogens is 470 g/mol. The van der Waals surface area contributed by atoms with Gasteiger partial charge in [-0.2, -0.15) is 0 Å². The van der Waals surface area contributed by atoms with Crippen molar-refractivity contribution in [1.29, 1.82) is 0 Å². The number of carbonyl (C=O) groups is 4. The second kappa shape index (κ2) is 11.8. The minimum atomic E-state index is -0.962. The number of aromatic hydroxyl groups is 1. The molecule has 3 rings (SSSR count). The van der Waals surface area contributed by atoms with Crippen molar-refractivity contribution in [1.82, 2.24) is 16.0 Å². The van der Waals surface area contributed by atoms with Crippen LogP contribution in [0.1, 0.15) is 43.6 Å². The molecule has 3 aromatic rings. The van der Waals surface area contributed by atoms with Gasteiger partial charge < -0.3 is 21.1 Å². The van der Waals surface area contributed by atoms with Crippen LogP contribution in [0.15, 0.2) is 72.8 Å². The summed E-state index contributed by atoms with van der Waals surface area (Å²) in [5.41, 5.74) is 1.47. The predicted octanol–water partition coefficient (Wildman–Crippen LogP) is 3.09. The van der Waals surface area contributed by atoms with E-state index in [0.717, 1.165) is 5.56 Å². The molecule has 0 unspecified atom stereocenters. The molecular formula is C26H24ClN3O5. The van der Waals surface area contributed by atoms with Crippen molar-refractivity contribution in [2.24, 2.45) is 0 Å². The van der Waals surface area contributed by atoms with Crippen molar-refractivity contribution in [3.8, 4) is 5.75 Å². The van der Waals surface area contributed by atoms with E-state index < -0.39 is 17.9 Å². The first-order valence-corrected chi connectivity index (χ1v) is 11.1. The zero-order chi connectivity index (χ0) is 25.4. The summed E-state index contributed by atoms with van der Waals surface area (Å²) in [5, 5.41) is 17.5. The zero-order valence-electron chi connectivity index (χ0n) is 18.9. The fourth-order valence-corrected chi connectivity index (χ4v) is 3.48. The van der Waals surface area contributed by atoms with Crippen LogP contribution in [-0.4, -0.2) is 41.2 Å². The third-order valence-corrected chi connectivity index (χ3v) is 5.45. The number of phenols is 1. The van der Waals surface area contributed by atoms with Gasteiger partial charge in [0.15, 0.2) is 5.78 Å². The molecule has 3 aromatic carbocycles. The highest BCUT2D eigenvalue weighted by Crippen LogP contribution is 2.19. The Balaban J connectivity index is 1.60. The Bertz CT molecular complexity index is 1250. The second-order valence-electron chi connectivity index (χ2n) is 7.76. The fraction of sp³-hybridized carbons (Fsp3) is 0.154. The number of rotatable bonds is 9. The van der Waals surface area contributed by atoms with E-state index in [0.29, 0.717) is 5.56 Å². The molecule has 35 heavy (non-hydrogen) atoms. The number of ketones is 1. The molecule has 0 aliphatic carbocycles. The predicted molar refractivity (Wildman–Crippen MR) is 131 cm³/mol. The van der Waals surface area contributed by atoms with Crippen LogP contribution in [-0.2, 0) is 11.3 Å². The highest BCUT2D eigenvalue weighted by atomic mass is 35.5. The molecule has 0 saturated carbocycles. The molecule has 0 fully saturated rings. The highest BCUT2D eigenvalue weighted by molar-refractivity contribution is 6.34. The van der Waals surface area contributed by atoms with Gasteiger partial charge in [0.25, 0.3) is 17.7 Å². The number of benzene rings is 3. The summed E-state index contributed by atoms with van der Waals surface area (Å²) in [6.45, 7) is 1.41. The van der Waals surface area contributed by atoms with E-state index in [9.17, 15) is 24.3 Å². The SMILES string of the molecule is CC(=O)[C@H](CNC(=O)c1ccccc1)NC(=O)c1ccc(C(=O)NCc2cccc(O)c2)cc1Cl. The van der Waals surface area contributed by atoms with E-state index >= 15 is 0 Å². The summed E-state index contributed by atoms with van der Waals surface area (Å²) < 4.78 is 0. The van der Waals surface area contributed by atoms with Crippen molar-refractivity contribution in [3.63, 3.8) is 0 Å². The van der Waals surface area contributed by atoms with Gasteiger partial charge >= 0.3 is 0 Å². The van der Waals surface area contributed by atoms with E-state index in [2.05, 4.69) is 16.0 Å². The quantitative estimate of drug-likeness (QED) is 0.364. The van der Waals surface area contributed by atoms with Crippen LogP contribution in [0, 0.1) is 0 Å². The van der Waals surface area contributed by atoms with Crippen molar-refractivity contribution in [2.45, 2.75) is 19.5 Å². The summed E-state index contributed by atoms with van der Waals surface area (Å²) >= 11 is 6.25. The van der Waals surface area contributed by atoms with Gasteiger partial charge in [-0.3, -0.25) is 19.2 Å². The normalized spacial score (nSPS) is 11.3. The summed E-state index contributed by atoms with van der Waals surface area (Å²) in [7, 11) is 0. The van der Waals surface area contributed by atoms with E-state index in [1.165, 1.54) is 37.3 Å². The average molecular weight is 494 g/mol. The maximum absolute atomic E-state index is 12.7. The molecule has 0 bridgehead atoms. The fourth-order valence-electron chi connectivity index (χ4n) is 3.21. The van der Waals surface area contributed by atoms with Crippen LogP contribution in [0.3, 0.4) is 0 Å². The third kappa shape index (κ3) is 7.15. The molecule has 0 spiro atoms. The largest absolute Gasteiger partial charge is 0.508 e. The molecule has 9 heteroatoms. The molecule has 1 atom stereocenters. The molecule has 0 aliphatic rings. The number of hydrogen-bond donors (Lipinski definition) is 4. The van der Waals surface area contributed by atoms with Crippen LogP contribution in [0.4, 0.5) is 0 Å². The number of nitrogens with one attached hydrogen (secondary N) is 3. The lowest BCUT2D eigenvalue weighted by atomic mass is 10.1. The Morgan fingerprint density at radius 3 is 2.20 bits per heavy atom. The third-order valence-electron chi connectivity index (χ3n) is 5.14. The van der Waals surface area contributed by atoms with Crippen LogP contribution in [0.25, 0.3) is 0 Å². The summed E-state index contributed by atoms with van der Waals surface area (Å²) in [4.78, 5) is 49.5. The standard InChI is InChI=1S/C26H24ClN3O5/c1-16(31)23(15-29-24(33)18-7-3-2-4-8-18)30-26(35)21-11-10-19(13-22(21)27)25(34)28-14-17-6-5-9-20(32)12-17/h2-13,23,32H,14-15H2,1H3,(H,28,34)(H,29,33)(H,30,35)/t23-/m0/s1. The van der Waals surface area contributed by atoms with Gasteiger partial charge in [-0.05, 0) is 55.0 Å². The minimum Gasteiger partial charge on any atom is -0.508 e. The lowest BCUT2D eigenvalue weighted by Crippen LogP contribution is -2.47. The number of phenolic OH excluding ortho intramolecular Hbond substituents is 1. The van der Waals surface area contributed by atoms with Crippen LogP contribution in [0.2, 0.25) is 5.02 Å². The Labute approximate surface area is 207 Å². The Hall–Kier alpha value is -4.17. The van der Waals surface area contributed by atoms with Crippen molar-refractivity contribution in [2.75, 3.05) is 6.54 Å². The number of hydrogen-bond acceptors (Lipinski definition) is 5. The van der Waals surface area contributed by atoms with Gasteiger partial charge in [-0.25, -0.2) is 0 Å². The molecule has 8 nitrogen and oxygen atoms in total. The first-order valence-electron chi connectivity index (χ1n) is 10.7. The second-order valence-corrected chi connectivity index (χ2v) is 8.17. The summed E-state index contributed by atoms with van der Waals surface area (Å²) in [6, 6.07) is 18.2. The zero-order valence-corrected chi connectivity index (χ0v) is 19.6. The molecule has 0 aliphatic heterocycles. The van der Waals surface area contributed by atoms with E-state index in [4.69, 9.17) is 11.6 Å². The van der Waals surface area contributed by atoms with Gasteiger partial charge in [0.1, 0.15) is 11.8 Å². The average Bonchev–Trinajstić information content (AvgIpc) is 2.85. The van der Waals surface area contributed by atoms with E-state index in [-0.39, 0.29) is 46.7 Å². The molecule has 180 valence electrons. The van der Waals surface area contributed by atoms with Crippen LogP contribution < -0.4 is 16.0 Å². The van der Waals surface area contributed by atoms with Gasteiger partial charge in [-0.15, -0.1) is 0 Å². The van der Waals surface area contributed by atoms with Gasteiger partial charge in [0.2, 0.25) is 0 Å².